The van der Waals surface area contributed by atoms with Gasteiger partial charge in [-0.15, -0.1) is 0 Å². The first-order valence-corrected chi connectivity index (χ1v) is 12.0. The second kappa shape index (κ2) is 6.80. The summed E-state index contributed by atoms with van der Waals surface area (Å²) in [6.45, 7) is 6.21. The van der Waals surface area contributed by atoms with Crippen molar-refractivity contribution in [3.05, 3.63) is 11.6 Å². The lowest BCUT2D eigenvalue weighted by molar-refractivity contribution is -0.256. The number of carbonyl (C=O) groups excluding carboxylic acids is 2. The van der Waals surface area contributed by atoms with Crippen LogP contribution in [-0.2, 0) is 19.1 Å². The summed E-state index contributed by atoms with van der Waals surface area (Å²) in [7, 11) is 0. The zero-order valence-electron chi connectivity index (χ0n) is 19.0. The van der Waals surface area contributed by atoms with Crippen molar-refractivity contribution in [1.82, 2.24) is 0 Å². The SMILES string of the molecule is CC(=O)O[C@H]1CC[C@]2(C)[C@@H]3CC[C@]4(C)[C@H](C5=CC(=O)OC5)CC[C@]4(O)[C@H]3CC[C@@]2(O)C1. The summed E-state index contributed by atoms with van der Waals surface area (Å²) in [6, 6.07) is 0. The highest BCUT2D eigenvalue weighted by Gasteiger charge is 2.70. The lowest BCUT2D eigenvalue weighted by atomic mass is 9.42. The van der Waals surface area contributed by atoms with Gasteiger partial charge in [-0.05, 0) is 80.1 Å². The molecule has 0 unspecified atom stereocenters. The third-order valence-electron chi connectivity index (χ3n) is 10.4. The fourth-order valence-corrected chi connectivity index (χ4v) is 8.70. The van der Waals surface area contributed by atoms with E-state index in [0.717, 1.165) is 50.5 Å². The number of aliphatic hydroxyl groups is 2. The Bertz CT molecular complexity index is 836. The predicted molar refractivity (Wildman–Crippen MR) is 113 cm³/mol. The third kappa shape index (κ3) is 2.83. The summed E-state index contributed by atoms with van der Waals surface area (Å²) in [5.41, 5.74) is -1.16. The van der Waals surface area contributed by atoms with Crippen LogP contribution in [0.4, 0.5) is 0 Å². The average molecular weight is 433 g/mol. The third-order valence-corrected chi connectivity index (χ3v) is 10.4. The Morgan fingerprint density at radius 2 is 1.74 bits per heavy atom. The van der Waals surface area contributed by atoms with Crippen molar-refractivity contribution < 1.29 is 29.3 Å². The van der Waals surface area contributed by atoms with Crippen molar-refractivity contribution in [2.24, 2.45) is 28.6 Å². The number of esters is 2. The van der Waals surface area contributed by atoms with Crippen LogP contribution in [0.15, 0.2) is 11.6 Å². The molecule has 1 aliphatic heterocycles. The van der Waals surface area contributed by atoms with Gasteiger partial charge < -0.3 is 19.7 Å². The molecule has 172 valence electrons. The highest BCUT2D eigenvalue weighted by molar-refractivity contribution is 5.85. The largest absolute Gasteiger partial charge is 0.462 e. The van der Waals surface area contributed by atoms with Crippen molar-refractivity contribution in [3.63, 3.8) is 0 Å². The van der Waals surface area contributed by atoms with E-state index in [1.165, 1.54) is 6.92 Å². The van der Waals surface area contributed by atoms with Gasteiger partial charge in [0.15, 0.2) is 0 Å². The standard InChI is InChI=1S/C25H36O6/c1-15(26)31-17-4-8-22(2)19-5-9-23(3)18(16-12-21(27)30-14-16)7-11-25(23,29)20(19)6-10-24(22,28)13-17/h12,17-20,28-29H,4-11,13-14H2,1-3H3/t17-,18-,19+,20-,22+,23+,24+,25-/m0/s1. The van der Waals surface area contributed by atoms with Crippen molar-refractivity contribution >= 4 is 11.9 Å². The summed E-state index contributed by atoms with van der Waals surface area (Å²) in [5, 5.41) is 24.0. The minimum absolute atomic E-state index is 0.144. The van der Waals surface area contributed by atoms with E-state index in [-0.39, 0.29) is 46.6 Å². The van der Waals surface area contributed by atoms with Gasteiger partial charge in [0.25, 0.3) is 0 Å². The van der Waals surface area contributed by atoms with Gasteiger partial charge in [0, 0.05) is 24.8 Å². The molecular weight excluding hydrogens is 396 g/mol. The predicted octanol–water partition coefficient (Wildman–Crippen LogP) is 3.29. The maximum absolute atomic E-state index is 12.2. The second-order valence-electron chi connectivity index (χ2n) is 11.5. The molecule has 8 atom stereocenters. The van der Waals surface area contributed by atoms with Gasteiger partial charge in [0.2, 0.25) is 0 Å². The molecule has 4 saturated carbocycles. The molecule has 0 spiro atoms. The molecule has 6 heteroatoms. The zero-order chi connectivity index (χ0) is 22.2. The Kier molecular flexibility index (Phi) is 4.70. The minimum atomic E-state index is -0.858. The monoisotopic (exact) mass is 432 g/mol. The van der Waals surface area contributed by atoms with Crippen molar-refractivity contribution in [3.8, 4) is 0 Å². The maximum atomic E-state index is 12.2. The van der Waals surface area contributed by atoms with E-state index in [2.05, 4.69) is 13.8 Å². The van der Waals surface area contributed by atoms with Crippen LogP contribution in [0.25, 0.3) is 0 Å². The quantitative estimate of drug-likeness (QED) is 0.651. The Labute approximate surface area is 184 Å². The van der Waals surface area contributed by atoms with Crippen molar-refractivity contribution in [1.29, 1.82) is 0 Å². The molecule has 0 aromatic heterocycles. The number of ether oxygens (including phenoxy) is 2. The summed E-state index contributed by atoms with van der Waals surface area (Å²) in [4.78, 5) is 23.2. The highest BCUT2D eigenvalue weighted by atomic mass is 16.5. The number of hydrogen-bond acceptors (Lipinski definition) is 6. The van der Waals surface area contributed by atoms with E-state index < -0.39 is 11.2 Å². The molecule has 0 radical (unpaired) electrons. The number of hydrogen-bond donors (Lipinski definition) is 2. The fourth-order valence-electron chi connectivity index (χ4n) is 8.70. The molecular formula is C25H36O6. The Hall–Kier alpha value is -1.40. The summed E-state index contributed by atoms with van der Waals surface area (Å²) >= 11 is 0. The number of rotatable bonds is 2. The molecule has 2 N–H and O–H groups in total. The van der Waals surface area contributed by atoms with E-state index in [1.54, 1.807) is 6.08 Å². The van der Waals surface area contributed by atoms with Gasteiger partial charge in [-0.1, -0.05) is 13.8 Å². The normalized spacial score (nSPS) is 51.3. The molecule has 0 aromatic carbocycles. The van der Waals surface area contributed by atoms with Crippen LogP contribution in [0.2, 0.25) is 0 Å². The molecule has 0 bridgehead atoms. The molecule has 4 aliphatic carbocycles. The summed E-state index contributed by atoms with van der Waals surface area (Å²) < 4.78 is 10.7. The van der Waals surface area contributed by atoms with E-state index in [1.807, 2.05) is 0 Å². The molecule has 0 saturated heterocycles. The van der Waals surface area contributed by atoms with Gasteiger partial charge in [-0.2, -0.15) is 0 Å². The lowest BCUT2D eigenvalue weighted by Gasteiger charge is -2.66. The molecule has 5 aliphatic rings. The van der Waals surface area contributed by atoms with Crippen LogP contribution in [-0.4, -0.2) is 46.1 Å². The Morgan fingerprint density at radius 1 is 1.03 bits per heavy atom. The maximum Gasteiger partial charge on any atom is 0.331 e. The van der Waals surface area contributed by atoms with Gasteiger partial charge in [0.05, 0.1) is 11.2 Å². The van der Waals surface area contributed by atoms with E-state index in [4.69, 9.17) is 9.47 Å². The topological polar surface area (TPSA) is 93.1 Å². The fraction of sp³-hybridized carbons (Fsp3) is 0.840. The average Bonchev–Trinajstić information content (AvgIpc) is 3.22. The molecule has 31 heavy (non-hydrogen) atoms. The van der Waals surface area contributed by atoms with Crippen LogP contribution in [0, 0.1) is 28.6 Å². The molecule has 0 amide bonds. The smallest absolute Gasteiger partial charge is 0.331 e. The van der Waals surface area contributed by atoms with Gasteiger partial charge in [-0.25, -0.2) is 4.79 Å². The first-order valence-electron chi connectivity index (χ1n) is 12.0. The van der Waals surface area contributed by atoms with Crippen LogP contribution < -0.4 is 0 Å². The van der Waals surface area contributed by atoms with Crippen LogP contribution in [0.3, 0.4) is 0 Å². The molecule has 5 rings (SSSR count). The Balaban J connectivity index is 1.43. The highest BCUT2D eigenvalue weighted by Crippen LogP contribution is 2.70. The van der Waals surface area contributed by atoms with Crippen LogP contribution >= 0.6 is 0 Å². The molecule has 0 aromatic rings. The summed E-state index contributed by atoms with van der Waals surface area (Å²) in [6.07, 6.45) is 8.41. The Morgan fingerprint density at radius 3 is 2.42 bits per heavy atom. The molecule has 1 heterocycles. The zero-order valence-corrected chi connectivity index (χ0v) is 19.0. The van der Waals surface area contributed by atoms with E-state index in [0.29, 0.717) is 19.4 Å². The molecule has 4 fully saturated rings. The number of fused-ring (bicyclic) bond motifs is 5. The summed E-state index contributed by atoms with van der Waals surface area (Å²) in [5.74, 6) is 0.0252. The van der Waals surface area contributed by atoms with Gasteiger partial charge >= 0.3 is 11.9 Å². The van der Waals surface area contributed by atoms with Gasteiger partial charge in [-0.3, -0.25) is 4.79 Å². The molecule has 6 nitrogen and oxygen atoms in total. The van der Waals surface area contributed by atoms with Gasteiger partial charge in [0.1, 0.15) is 12.7 Å². The van der Waals surface area contributed by atoms with E-state index in [9.17, 15) is 19.8 Å². The first-order chi connectivity index (χ1) is 14.5. The van der Waals surface area contributed by atoms with Crippen LogP contribution in [0.5, 0.6) is 0 Å². The van der Waals surface area contributed by atoms with Crippen molar-refractivity contribution in [2.45, 2.75) is 95.9 Å². The van der Waals surface area contributed by atoms with Crippen molar-refractivity contribution in [2.75, 3.05) is 6.61 Å². The number of cyclic esters (lactones) is 1. The van der Waals surface area contributed by atoms with E-state index >= 15 is 0 Å². The van der Waals surface area contributed by atoms with Crippen LogP contribution in [0.1, 0.15) is 78.6 Å². The number of carbonyl (C=O) groups is 2. The minimum Gasteiger partial charge on any atom is -0.462 e. The lowest BCUT2D eigenvalue weighted by Crippen LogP contribution is -2.67. The second-order valence-corrected chi connectivity index (χ2v) is 11.5. The first kappa shape index (κ1) is 21.4.